The lowest BCUT2D eigenvalue weighted by Crippen LogP contribution is -2.62. The van der Waals surface area contributed by atoms with Crippen LogP contribution in [0.3, 0.4) is 0 Å². The van der Waals surface area contributed by atoms with Gasteiger partial charge in [-0.1, -0.05) is 32.1 Å². The van der Waals surface area contributed by atoms with E-state index >= 15 is 0 Å². The lowest BCUT2D eigenvalue weighted by molar-refractivity contribution is -0.129. The van der Waals surface area contributed by atoms with Crippen molar-refractivity contribution in [2.75, 3.05) is 13.7 Å². The average molecular weight is 405 g/mol. The van der Waals surface area contributed by atoms with E-state index in [9.17, 15) is 9.18 Å². The zero-order chi connectivity index (χ0) is 20.0. The number of benzene rings is 1. The van der Waals surface area contributed by atoms with Gasteiger partial charge in [0.25, 0.3) is 0 Å². The average Bonchev–Trinajstić information content (AvgIpc) is 3.18. The Hall–Kier alpha value is -1.37. The van der Waals surface area contributed by atoms with E-state index in [1.54, 1.807) is 24.9 Å². The Morgan fingerprint density at radius 1 is 1.43 bits per heavy atom. The summed E-state index contributed by atoms with van der Waals surface area (Å²) in [6.07, 6.45) is 3.02. The molecule has 1 saturated heterocycles. The fourth-order valence-corrected chi connectivity index (χ4v) is 6.50. The van der Waals surface area contributed by atoms with Crippen LogP contribution in [0.4, 0.5) is 4.39 Å². The largest absolute Gasteiger partial charge is 0.381 e. The smallest absolute Gasteiger partial charge is 0.234 e. The highest BCUT2D eigenvalue weighted by Crippen LogP contribution is 2.52. The maximum Gasteiger partial charge on any atom is 0.234 e. The number of carbonyl (C=O) groups excluding carboxylic acids is 1. The summed E-state index contributed by atoms with van der Waals surface area (Å²) in [7, 11) is 1.74. The molecule has 0 spiro atoms. The summed E-state index contributed by atoms with van der Waals surface area (Å²) in [4.78, 5) is 12.6. The normalized spacial score (nSPS) is 37.9. The van der Waals surface area contributed by atoms with Gasteiger partial charge in [0.15, 0.2) is 0 Å². The first-order valence-electron chi connectivity index (χ1n) is 10.1. The number of allylic oxidation sites excluding steroid dienone is 1. The first-order chi connectivity index (χ1) is 13.5. The Balaban J connectivity index is 1.75. The number of methoxy groups -OCH3 is 1. The van der Waals surface area contributed by atoms with Gasteiger partial charge in [-0.15, -0.1) is 11.8 Å². The number of carbonyl (C=O) groups is 1. The molecule has 0 bridgehead atoms. The Bertz CT molecular complexity index is 786. The maximum absolute atomic E-state index is 14.9. The summed E-state index contributed by atoms with van der Waals surface area (Å²) < 4.78 is 20.8. The summed E-state index contributed by atoms with van der Waals surface area (Å²) in [6, 6.07) is 5.66. The van der Waals surface area contributed by atoms with Crippen molar-refractivity contribution in [3.05, 3.63) is 46.6 Å². The van der Waals surface area contributed by atoms with Gasteiger partial charge in [0, 0.05) is 25.0 Å². The summed E-state index contributed by atoms with van der Waals surface area (Å²) in [5.41, 5.74) is 7.35. The van der Waals surface area contributed by atoms with Crippen molar-refractivity contribution < 1.29 is 13.9 Å². The third kappa shape index (κ3) is 3.19. The number of nitrogens with two attached hydrogens (primary N) is 1. The standard InChI is InChI=1S/C22H29FN2O2S/c1-11-8-17(27-3)18(13-4-5-14(12(2)10-24)16(23)9-13)19-15-6-7-28-21(15)22(26)25-20(11)19/h4-7,9,11-12,15,17-21H,8,10,24H2,1-3H3,(H,25,26)/t11?,12-,15?,17?,18?,19?,20?,21?/m1/s1. The summed E-state index contributed by atoms with van der Waals surface area (Å²) in [6.45, 7) is 4.54. The zero-order valence-electron chi connectivity index (χ0n) is 16.6. The van der Waals surface area contributed by atoms with Gasteiger partial charge in [0.1, 0.15) is 5.82 Å². The molecule has 1 aromatic carbocycles. The number of thioether (sulfide) groups is 1. The molecule has 28 heavy (non-hydrogen) atoms. The van der Waals surface area contributed by atoms with Crippen molar-refractivity contribution in [1.82, 2.24) is 5.32 Å². The molecule has 3 aliphatic rings. The van der Waals surface area contributed by atoms with Crippen LogP contribution in [-0.4, -0.2) is 37.0 Å². The van der Waals surface area contributed by atoms with E-state index in [0.717, 1.165) is 12.0 Å². The molecule has 4 rings (SSSR count). The van der Waals surface area contributed by atoms with Crippen LogP contribution >= 0.6 is 11.8 Å². The molecule has 7 unspecified atom stereocenters. The van der Waals surface area contributed by atoms with Crippen LogP contribution in [0.15, 0.2) is 29.7 Å². The number of hydrogen-bond donors (Lipinski definition) is 2. The molecule has 6 heteroatoms. The van der Waals surface area contributed by atoms with Gasteiger partial charge in [-0.2, -0.15) is 0 Å². The Morgan fingerprint density at radius 2 is 2.21 bits per heavy atom. The molecule has 2 heterocycles. The number of nitrogens with one attached hydrogen (secondary N) is 1. The summed E-state index contributed by atoms with van der Waals surface area (Å²) in [5, 5.41) is 5.23. The predicted octanol–water partition coefficient (Wildman–Crippen LogP) is 3.39. The van der Waals surface area contributed by atoms with E-state index in [-0.39, 0.29) is 52.8 Å². The van der Waals surface area contributed by atoms with Crippen LogP contribution < -0.4 is 11.1 Å². The molecule has 0 radical (unpaired) electrons. The molecule has 1 aromatic rings. The zero-order valence-corrected chi connectivity index (χ0v) is 17.4. The first kappa shape index (κ1) is 19.9. The SMILES string of the molecule is COC1CC(C)C2NC(=O)C3SC=CC3C2C1c1ccc([C@H](C)CN)c(F)c1. The number of ether oxygens (including phenoxy) is 1. The van der Waals surface area contributed by atoms with Crippen molar-refractivity contribution in [1.29, 1.82) is 0 Å². The maximum atomic E-state index is 14.9. The van der Waals surface area contributed by atoms with Crippen molar-refractivity contribution >= 4 is 17.7 Å². The van der Waals surface area contributed by atoms with Crippen molar-refractivity contribution in [3.8, 4) is 0 Å². The highest BCUT2D eigenvalue weighted by atomic mass is 32.2. The van der Waals surface area contributed by atoms with Crippen LogP contribution in [0, 0.1) is 23.6 Å². The van der Waals surface area contributed by atoms with Crippen LogP contribution in [0.1, 0.15) is 43.2 Å². The number of halogens is 1. The molecular weight excluding hydrogens is 375 g/mol. The fraction of sp³-hybridized carbons (Fsp3) is 0.591. The molecule has 1 amide bonds. The van der Waals surface area contributed by atoms with E-state index < -0.39 is 0 Å². The van der Waals surface area contributed by atoms with Crippen molar-refractivity contribution in [3.63, 3.8) is 0 Å². The predicted molar refractivity (Wildman–Crippen MR) is 111 cm³/mol. The quantitative estimate of drug-likeness (QED) is 0.807. The van der Waals surface area contributed by atoms with Gasteiger partial charge in [0.2, 0.25) is 5.91 Å². The molecule has 1 saturated carbocycles. The van der Waals surface area contributed by atoms with Crippen LogP contribution in [0.2, 0.25) is 0 Å². The first-order valence-corrected chi connectivity index (χ1v) is 11.0. The third-order valence-corrected chi connectivity index (χ3v) is 8.07. The van der Waals surface area contributed by atoms with E-state index in [4.69, 9.17) is 10.5 Å². The molecular formula is C22H29FN2O2S. The molecule has 2 fully saturated rings. The molecule has 4 nitrogen and oxygen atoms in total. The van der Waals surface area contributed by atoms with Crippen LogP contribution in [0.5, 0.6) is 0 Å². The monoisotopic (exact) mass is 404 g/mol. The topological polar surface area (TPSA) is 64.3 Å². The number of hydrogen-bond acceptors (Lipinski definition) is 4. The van der Waals surface area contributed by atoms with Crippen molar-refractivity contribution in [2.45, 2.75) is 49.5 Å². The molecule has 0 aromatic heterocycles. The van der Waals surface area contributed by atoms with Gasteiger partial charge in [0.05, 0.1) is 11.4 Å². The van der Waals surface area contributed by atoms with Gasteiger partial charge in [-0.05, 0) is 53.3 Å². The van der Waals surface area contributed by atoms with E-state index in [0.29, 0.717) is 18.0 Å². The minimum absolute atomic E-state index is 0.00286. The van der Waals surface area contributed by atoms with Gasteiger partial charge in [-0.3, -0.25) is 4.79 Å². The second-order valence-corrected chi connectivity index (χ2v) is 9.56. The molecule has 152 valence electrons. The second kappa shape index (κ2) is 7.81. The molecule has 2 aliphatic heterocycles. The Morgan fingerprint density at radius 3 is 2.89 bits per heavy atom. The van der Waals surface area contributed by atoms with E-state index in [1.807, 2.05) is 24.5 Å². The highest BCUT2D eigenvalue weighted by Gasteiger charge is 2.54. The number of fused-ring (bicyclic) bond motifs is 3. The number of rotatable bonds is 4. The lowest BCUT2D eigenvalue weighted by atomic mass is 9.60. The minimum Gasteiger partial charge on any atom is -0.381 e. The molecule has 8 atom stereocenters. The highest BCUT2D eigenvalue weighted by molar-refractivity contribution is 8.03. The van der Waals surface area contributed by atoms with Gasteiger partial charge in [-0.25, -0.2) is 4.39 Å². The van der Waals surface area contributed by atoms with Crippen molar-refractivity contribution in [2.24, 2.45) is 23.5 Å². The van der Waals surface area contributed by atoms with Crippen LogP contribution in [-0.2, 0) is 9.53 Å². The summed E-state index contributed by atoms with van der Waals surface area (Å²) in [5.74, 6) is 0.615. The molecule has 1 aliphatic carbocycles. The summed E-state index contributed by atoms with van der Waals surface area (Å²) >= 11 is 1.59. The minimum atomic E-state index is -0.201. The third-order valence-electron chi connectivity index (χ3n) is 6.93. The van der Waals surface area contributed by atoms with Crippen LogP contribution in [0.25, 0.3) is 0 Å². The van der Waals surface area contributed by atoms with Gasteiger partial charge >= 0.3 is 0 Å². The van der Waals surface area contributed by atoms with Gasteiger partial charge < -0.3 is 15.8 Å². The number of amides is 1. The second-order valence-electron chi connectivity index (χ2n) is 8.50. The number of piperidine rings is 1. The van der Waals surface area contributed by atoms with E-state index in [1.165, 1.54) is 0 Å². The Kier molecular flexibility index (Phi) is 5.55. The molecule has 3 N–H and O–H groups in total. The van der Waals surface area contributed by atoms with E-state index in [2.05, 4.69) is 18.3 Å². The fourth-order valence-electron chi connectivity index (χ4n) is 5.41. The Labute approximate surface area is 170 Å². The lowest BCUT2D eigenvalue weighted by Gasteiger charge is -2.52.